The van der Waals surface area contributed by atoms with E-state index in [1.54, 1.807) is 12.1 Å². The summed E-state index contributed by atoms with van der Waals surface area (Å²) in [4.78, 5) is 0. The first-order chi connectivity index (χ1) is 8.58. The molecule has 0 aliphatic heterocycles. The summed E-state index contributed by atoms with van der Waals surface area (Å²) in [7, 11) is 0. The Morgan fingerprint density at radius 2 is 2.06 bits per heavy atom. The molecule has 2 unspecified atom stereocenters. The third-order valence-electron chi connectivity index (χ3n) is 3.34. The van der Waals surface area contributed by atoms with Crippen molar-refractivity contribution in [2.45, 2.75) is 46.1 Å². The van der Waals surface area contributed by atoms with E-state index in [2.05, 4.69) is 26.1 Å². The summed E-state index contributed by atoms with van der Waals surface area (Å²) in [6.07, 6.45) is 3.00. The third kappa shape index (κ3) is 4.58. The second-order valence-electron chi connectivity index (χ2n) is 4.87. The number of halogens is 2. The highest BCUT2D eigenvalue weighted by molar-refractivity contribution is 6.30. The number of benzene rings is 1. The van der Waals surface area contributed by atoms with E-state index in [1.165, 1.54) is 6.07 Å². The SMILES string of the molecule is CCCC(C)C(Cc1cc(Cl)ccc1F)NCC. The second kappa shape index (κ2) is 7.75. The van der Waals surface area contributed by atoms with Crippen LogP contribution >= 0.6 is 11.6 Å². The molecule has 0 aliphatic rings. The number of nitrogens with one attached hydrogen (secondary N) is 1. The van der Waals surface area contributed by atoms with Gasteiger partial charge in [0.05, 0.1) is 0 Å². The Labute approximate surface area is 115 Å². The molecule has 0 aromatic heterocycles. The predicted octanol–water partition coefficient (Wildman–Crippen LogP) is 4.44. The van der Waals surface area contributed by atoms with Gasteiger partial charge in [-0.25, -0.2) is 4.39 Å². The zero-order valence-corrected chi connectivity index (χ0v) is 12.2. The van der Waals surface area contributed by atoms with Crippen LogP contribution in [0.3, 0.4) is 0 Å². The minimum absolute atomic E-state index is 0.161. The molecule has 18 heavy (non-hydrogen) atoms. The Morgan fingerprint density at radius 1 is 1.33 bits per heavy atom. The summed E-state index contributed by atoms with van der Waals surface area (Å²) in [6, 6.07) is 5.09. The molecule has 0 radical (unpaired) electrons. The molecule has 0 spiro atoms. The fourth-order valence-corrected chi connectivity index (χ4v) is 2.52. The lowest BCUT2D eigenvalue weighted by molar-refractivity contribution is 0.354. The number of rotatable bonds is 7. The van der Waals surface area contributed by atoms with Crippen LogP contribution in [0.15, 0.2) is 18.2 Å². The molecule has 0 fully saturated rings. The first kappa shape index (κ1) is 15.5. The smallest absolute Gasteiger partial charge is 0.126 e. The summed E-state index contributed by atoms with van der Waals surface area (Å²) in [6.45, 7) is 7.39. The minimum Gasteiger partial charge on any atom is -0.314 e. The van der Waals surface area contributed by atoms with Crippen molar-refractivity contribution >= 4 is 11.6 Å². The van der Waals surface area contributed by atoms with Gasteiger partial charge >= 0.3 is 0 Å². The van der Waals surface area contributed by atoms with Crippen molar-refractivity contribution in [2.75, 3.05) is 6.54 Å². The molecule has 0 heterocycles. The molecule has 1 rings (SSSR count). The number of likely N-dealkylation sites (N-methyl/N-ethyl adjacent to an activating group) is 1. The van der Waals surface area contributed by atoms with Crippen LogP contribution in [-0.2, 0) is 6.42 Å². The first-order valence-electron chi connectivity index (χ1n) is 6.75. The van der Waals surface area contributed by atoms with Crippen LogP contribution < -0.4 is 5.32 Å². The highest BCUT2D eigenvalue weighted by Gasteiger charge is 2.17. The monoisotopic (exact) mass is 271 g/mol. The van der Waals surface area contributed by atoms with Crippen molar-refractivity contribution in [1.29, 1.82) is 0 Å². The van der Waals surface area contributed by atoms with Crippen LogP contribution in [0.1, 0.15) is 39.2 Å². The maximum atomic E-state index is 13.7. The van der Waals surface area contributed by atoms with E-state index in [0.717, 1.165) is 19.4 Å². The van der Waals surface area contributed by atoms with Crippen LogP contribution in [0.4, 0.5) is 4.39 Å². The molecule has 2 atom stereocenters. The van der Waals surface area contributed by atoms with Crippen LogP contribution in [0.25, 0.3) is 0 Å². The Morgan fingerprint density at radius 3 is 2.67 bits per heavy atom. The molecule has 1 N–H and O–H groups in total. The van der Waals surface area contributed by atoms with Crippen molar-refractivity contribution in [3.63, 3.8) is 0 Å². The largest absolute Gasteiger partial charge is 0.314 e. The molecule has 1 aromatic carbocycles. The Bertz CT molecular complexity index is 368. The normalized spacial score (nSPS) is 14.5. The summed E-state index contributed by atoms with van der Waals surface area (Å²) in [5, 5.41) is 4.05. The predicted molar refractivity (Wildman–Crippen MR) is 76.7 cm³/mol. The molecule has 0 bridgehead atoms. The zero-order valence-electron chi connectivity index (χ0n) is 11.5. The molecule has 0 saturated carbocycles. The van der Waals surface area contributed by atoms with Crippen LogP contribution in [0, 0.1) is 11.7 Å². The van der Waals surface area contributed by atoms with Crippen molar-refractivity contribution in [2.24, 2.45) is 5.92 Å². The van der Waals surface area contributed by atoms with E-state index in [1.807, 2.05) is 0 Å². The van der Waals surface area contributed by atoms with E-state index in [9.17, 15) is 4.39 Å². The Hall–Kier alpha value is -0.600. The summed E-state index contributed by atoms with van der Waals surface area (Å²) >= 11 is 5.93. The summed E-state index contributed by atoms with van der Waals surface area (Å²) in [5.74, 6) is 0.374. The van der Waals surface area contributed by atoms with Crippen LogP contribution in [0.2, 0.25) is 5.02 Å². The van der Waals surface area contributed by atoms with E-state index in [-0.39, 0.29) is 5.82 Å². The van der Waals surface area contributed by atoms with Crippen molar-refractivity contribution in [3.8, 4) is 0 Å². The van der Waals surface area contributed by atoms with Gasteiger partial charge in [0.1, 0.15) is 5.82 Å². The van der Waals surface area contributed by atoms with Gasteiger partial charge in [-0.1, -0.05) is 38.8 Å². The average molecular weight is 272 g/mol. The molecule has 0 aliphatic carbocycles. The highest BCUT2D eigenvalue weighted by atomic mass is 35.5. The molecular weight excluding hydrogens is 249 g/mol. The Balaban J connectivity index is 2.78. The molecule has 1 nitrogen and oxygen atoms in total. The lowest BCUT2D eigenvalue weighted by Gasteiger charge is -2.25. The molecule has 0 saturated heterocycles. The fraction of sp³-hybridized carbons (Fsp3) is 0.600. The molecule has 102 valence electrons. The average Bonchev–Trinajstić information content (AvgIpc) is 2.33. The van der Waals surface area contributed by atoms with Gasteiger partial charge in [0, 0.05) is 11.1 Å². The molecule has 3 heteroatoms. The van der Waals surface area contributed by atoms with Gasteiger partial charge in [0.2, 0.25) is 0 Å². The highest BCUT2D eigenvalue weighted by Crippen LogP contribution is 2.20. The maximum absolute atomic E-state index is 13.7. The maximum Gasteiger partial charge on any atom is 0.126 e. The van der Waals surface area contributed by atoms with Crippen molar-refractivity contribution in [1.82, 2.24) is 5.32 Å². The fourth-order valence-electron chi connectivity index (χ4n) is 2.33. The third-order valence-corrected chi connectivity index (χ3v) is 3.58. The van der Waals surface area contributed by atoms with Crippen LogP contribution in [0.5, 0.6) is 0 Å². The second-order valence-corrected chi connectivity index (χ2v) is 5.31. The summed E-state index contributed by atoms with van der Waals surface area (Å²) in [5.41, 5.74) is 0.705. The van der Waals surface area contributed by atoms with Gasteiger partial charge in [0.25, 0.3) is 0 Å². The van der Waals surface area contributed by atoms with E-state index in [0.29, 0.717) is 29.0 Å². The van der Waals surface area contributed by atoms with Gasteiger partial charge in [-0.3, -0.25) is 0 Å². The lowest BCUT2D eigenvalue weighted by Crippen LogP contribution is -2.37. The van der Waals surface area contributed by atoms with E-state index >= 15 is 0 Å². The molecule has 0 amide bonds. The quantitative estimate of drug-likeness (QED) is 0.773. The number of hydrogen-bond acceptors (Lipinski definition) is 1. The van der Waals surface area contributed by atoms with Gasteiger partial charge < -0.3 is 5.32 Å². The van der Waals surface area contributed by atoms with Gasteiger partial charge in [-0.15, -0.1) is 0 Å². The Kier molecular flexibility index (Phi) is 6.66. The van der Waals surface area contributed by atoms with Crippen LogP contribution in [-0.4, -0.2) is 12.6 Å². The van der Waals surface area contributed by atoms with E-state index in [4.69, 9.17) is 11.6 Å². The molecular formula is C15H23ClFN. The topological polar surface area (TPSA) is 12.0 Å². The lowest BCUT2D eigenvalue weighted by atomic mass is 9.91. The standard InChI is InChI=1S/C15H23ClFN/c1-4-6-11(3)15(18-5-2)10-12-9-13(16)7-8-14(12)17/h7-9,11,15,18H,4-6,10H2,1-3H3. The number of hydrogen-bond donors (Lipinski definition) is 1. The van der Waals surface area contributed by atoms with Gasteiger partial charge in [-0.2, -0.15) is 0 Å². The minimum atomic E-state index is -0.161. The zero-order chi connectivity index (χ0) is 13.5. The van der Waals surface area contributed by atoms with Gasteiger partial charge in [0.15, 0.2) is 0 Å². The van der Waals surface area contributed by atoms with E-state index < -0.39 is 0 Å². The molecule has 1 aromatic rings. The van der Waals surface area contributed by atoms with Crippen molar-refractivity contribution < 1.29 is 4.39 Å². The summed E-state index contributed by atoms with van der Waals surface area (Å²) < 4.78 is 13.7. The van der Waals surface area contributed by atoms with Gasteiger partial charge in [-0.05, 0) is 49.1 Å². The van der Waals surface area contributed by atoms with Crippen molar-refractivity contribution in [3.05, 3.63) is 34.6 Å². The first-order valence-corrected chi connectivity index (χ1v) is 7.13.